The van der Waals surface area contributed by atoms with Crippen molar-refractivity contribution in [2.75, 3.05) is 19.0 Å². The maximum atomic E-state index is 10.2. The Morgan fingerprint density at radius 3 is 2.57 bits per heavy atom. The van der Waals surface area contributed by atoms with E-state index >= 15 is 0 Å². The number of hydrogen-bond acceptors (Lipinski definition) is 3. The van der Waals surface area contributed by atoms with Crippen molar-refractivity contribution in [3.05, 3.63) is 37.0 Å². The molecule has 0 fully saturated rings. The third-order valence-electron chi connectivity index (χ3n) is 1.19. The molecule has 0 saturated heterocycles. The highest BCUT2D eigenvalue weighted by Crippen LogP contribution is 1.85. The molecule has 14 heavy (non-hydrogen) atoms. The molecule has 4 nitrogen and oxygen atoms in total. The minimum absolute atomic E-state index is 0.00561. The summed E-state index contributed by atoms with van der Waals surface area (Å²) in [5.41, 5.74) is 0. The van der Waals surface area contributed by atoms with Crippen LogP contribution in [-0.2, 0) is 14.9 Å². The van der Waals surface area contributed by atoms with E-state index in [1.54, 1.807) is 30.4 Å². The van der Waals surface area contributed by atoms with Crippen molar-refractivity contribution in [1.82, 2.24) is 0 Å². The number of ether oxygens (including phenoxy) is 1. The molecule has 0 atom stereocenters. The summed E-state index contributed by atoms with van der Waals surface area (Å²) in [6.45, 7) is 3.80. The van der Waals surface area contributed by atoms with Gasteiger partial charge in [0.05, 0.1) is 19.0 Å². The summed E-state index contributed by atoms with van der Waals surface area (Å²) in [5, 5.41) is 0. The lowest BCUT2D eigenvalue weighted by Crippen LogP contribution is -2.10. The van der Waals surface area contributed by atoms with Crippen LogP contribution in [0.3, 0.4) is 0 Å². The van der Waals surface area contributed by atoms with Gasteiger partial charge in [-0.2, -0.15) is 8.42 Å². The highest BCUT2D eigenvalue weighted by atomic mass is 32.2. The van der Waals surface area contributed by atoms with Crippen molar-refractivity contribution in [3.8, 4) is 0 Å². The fourth-order valence-corrected chi connectivity index (χ4v) is 0.921. The van der Waals surface area contributed by atoms with Gasteiger partial charge in [0, 0.05) is 0 Å². The van der Waals surface area contributed by atoms with Crippen LogP contribution in [-0.4, -0.2) is 31.9 Å². The van der Waals surface area contributed by atoms with E-state index in [0.717, 1.165) is 0 Å². The summed E-state index contributed by atoms with van der Waals surface area (Å²) in [6.07, 6.45) is 8.66. The monoisotopic (exact) mass is 218 g/mol. The molecule has 0 spiro atoms. The Bertz CT molecular complexity index is 301. The molecule has 0 aliphatic rings. The Morgan fingerprint density at radius 1 is 1.29 bits per heavy atom. The van der Waals surface area contributed by atoms with Gasteiger partial charge in [0.2, 0.25) is 0 Å². The summed E-state index contributed by atoms with van der Waals surface area (Å²) in [7, 11) is -3.90. The normalized spacial score (nSPS) is 12.6. The first-order chi connectivity index (χ1) is 6.56. The molecule has 0 unspecified atom stereocenters. The predicted octanol–water partition coefficient (Wildman–Crippen LogP) is 1.19. The van der Waals surface area contributed by atoms with Crippen LogP contribution in [0.2, 0.25) is 0 Å². The lowest BCUT2D eigenvalue weighted by molar-refractivity contribution is 0.177. The summed E-state index contributed by atoms with van der Waals surface area (Å²) < 4.78 is 33.7. The van der Waals surface area contributed by atoms with E-state index in [-0.39, 0.29) is 12.4 Å². The van der Waals surface area contributed by atoms with E-state index in [1.807, 2.05) is 0 Å². The first kappa shape index (κ1) is 13.1. The van der Waals surface area contributed by atoms with Crippen LogP contribution in [0, 0.1) is 0 Å². The van der Waals surface area contributed by atoms with Gasteiger partial charge in [0.1, 0.15) is 0 Å². The molecule has 0 aliphatic carbocycles. The van der Waals surface area contributed by atoms with E-state index in [4.69, 9.17) is 9.29 Å². The maximum absolute atomic E-state index is 10.2. The van der Waals surface area contributed by atoms with Crippen LogP contribution in [0.4, 0.5) is 0 Å². The molecule has 1 N–H and O–H groups in total. The quantitative estimate of drug-likeness (QED) is 0.396. The van der Waals surface area contributed by atoms with Crippen LogP contribution in [0.15, 0.2) is 37.0 Å². The van der Waals surface area contributed by atoms with Crippen LogP contribution < -0.4 is 0 Å². The zero-order valence-corrected chi connectivity index (χ0v) is 8.61. The topological polar surface area (TPSA) is 63.6 Å². The van der Waals surface area contributed by atoms with Gasteiger partial charge in [-0.1, -0.05) is 37.0 Å². The van der Waals surface area contributed by atoms with Crippen molar-refractivity contribution in [1.29, 1.82) is 0 Å². The van der Waals surface area contributed by atoms with Gasteiger partial charge < -0.3 is 4.74 Å². The predicted molar refractivity (Wildman–Crippen MR) is 55.7 cm³/mol. The SMILES string of the molecule is C=C/C=C\C=C\COCCS(=O)(=O)O. The fourth-order valence-electron chi connectivity index (χ4n) is 0.592. The largest absolute Gasteiger partial charge is 0.376 e. The highest BCUT2D eigenvalue weighted by molar-refractivity contribution is 7.85. The van der Waals surface area contributed by atoms with Crippen LogP contribution >= 0.6 is 0 Å². The summed E-state index contributed by atoms with van der Waals surface area (Å²) in [4.78, 5) is 0. The third-order valence-corrected chi connectivity index (χ3v) is 1.88. The van der Waals surface area contributed by atoms with E-state index in [2.05, 4.69) is 6.58 Å². The molecule has 0 amide bonds. The van der Waals surface area contributed by atoms with E-state index in [1.165, 1.54) is 0 Å². The Balaban J connectivity index is 3.43. The van der Waals surface area contributed by atoms with Crippen LogP contribution in [0.5, 0.6) is 0 Å². The number of allylic oxidation sites excluding steroid dienone is 4. The highest BCUT2D eigenvalue weighted by Gasteiger charge is 2.02. The Kier molecular flexibility index (Phi) is 7.00. The van der Waals surface area contributed by atoms with Gasteiger partial charge in [-0.05, 0) is 0 Å². The smallest absolute Gasteiger partial charge is 0.267 e. The average molecular weight is 218 g/mol. The molecule has 0 rings (SSSR count). The second kappa shape index (κ2) is 7.49. The lowest BCUT2D eigenvalue weighted by atomic mass is 10.4. The van der Waals surface area contributed by atoms with Crippen LogP contribution in [0.25, 0.3) is 0 Å². The minimum Gasteiger partial charge on any atom is -0.376 e. The maximum Gasteiger partial charge on any atom is 0.267 e. The lowest BCUT2D eigenvalue weighted by Gasteiger charge is -1.97. The zero-order valence-electron chi connectivity index (χ0n) is 7.80. The second-order valence-electron chi connectivity index (χ2n) is 2.41. The second-order valence-corrected chi connectivity index (χ2v) is 3.98. The molecule has 0 saturated carbocycles. The van der Waals surface area contributed by atoms with Crippen LogP contribution in [0.1, 0.15) is 0 Å². The van der Waals surface area contributed by atoms with Gasteiger partial charge in [-0.25, -0.2) is 0 Å². The van der Waals surface area contributed by atoms with Crippen molar-refractivity contribution in [2.45, 2.75) is 0 Å². The molecule has 0 aromatic heterocycles. The average Bonchev–Trinajstić information content (AvgIpc) is 2.08. The minimum atomic E-state index is -3.90. The fraction of sp³-hybridized carbons (Fsp3) is 0.333. The van der Waals surface area contributed by atoms with E-state index in [0.29, 0.717) is 6.61 Å². The molecule has 5 heteroatoms. The molecular weight excluding hydrogens is 204 g/mol. The Labute approximate surface area is 84.3 Å². The number of rotatable bonds is 7. The summed E-state index contributed by atoms with van der Waals surface area (Å²) in [5.74, 6) is -0.372. The van der Waals surface area contributed by atoms with E-state index < -0.39 is 10.1 Å². The first-order valence-corrected chi connectivity index (χ1v) is 5.64. The Hall–Kier alpha value is -0.910. The van der Waals surface area contributed by atoms with Crippen molar-refractivity contribution in [3.63, 3.8) is 0 Å². The molecule has 80 valence electrons. The molecule has 0 radical (unpaired) electrons. The molecule has 0 aliphatic heterocycles. The van der Waals surface area contributed by atoms with Gasteiger partial charge in [0.15, 0.2) is 0 Å². The van der Waals surface area contributed by atoms with Crippen molar-refractivity contribution >= 4 is 10.1 Å². The van der Waals surface area contributed by atoms with E-state index in [9.17, 15) is 8.42 Å². The third kappa shape index (κ3) is 11.1. The van der Waals surface area contributed by atoms with Gasteiger partial charge in [0.25, 0.3) is 10.1 Å². The van der Waals surface area contributed by atoms with Crippen molar-refractivity contribution in [2.24, 2.45) is 0 Å². The van der Waals surface area contributed by atoms with Gasteiger partial charge in [-0.3, -0.25) is 4.55 Å². The zero-order chi connectivity index (χ0) is 10.9. The Morgan fingerprint density at radius 2 is 2.00 bits per heavy atom. The number of hydrogen-bond donors (Lipinski definition) is 1. The molecule has 0 heterocycles. The molecular formula is C9H14O4S. The van der Waals surface area contributed by atoms with Gasteiger partial charge >= 0.3 is 0 Å². The summed E-state index contributed by atoms with van der Waals surface area (Å²) >= 11 is 0. The standard InChI is InChI=1S/C9H14O4S/c1-2-3-4-5-6-7-13-8-9-14(10,11)12/h2-6H,1,7-9H2,(H,10,11,12)/b4-3-,6-5+. The van der Waals surface area contributed by atoms with Gasteiger partial charge in [-0.15, -0.1) is 0 Å². The summed E-state index contributed by atoms with van der Waals surface area (Å²) in [6, 6.07) is 0. The molecule has 0 bridgehead atoms. The molecule has 0 aromatic rings. The first-order valence-electron chi connectivity index (χ1n) is 4.03. The van der Waals surface area contributed by atoms with Crippen molar-refractivity contribution < 1.29 is 17.7 Å². The molecule has 0 aromatic carbocycles.